The fourth-order valence-corrected chi connectivity index (χ4v) is 8.44. The molecule has 2 aromatic rings. The monoisotopic (exact) mass is 724 g/mol. The summed E-state index contributed by atoms with van der Waals surface area (Å²) < 4.78 is 98.1. The number of rotatable bonds is 22. The lowest BCUT2D eigenvalue weighted by atomic mass is 9.73. The molecule has 0 saturated heterocycles. The maximum Gasteiger partial charge on any atom is 0.411 e. The Morgan fingerprint density at radius 3 is 1.12 bits per heavy atom. The maximum atomic E-state index is 14.5. The third kappa shape index (κ3) is 12.8. The molecule has 0 heterocycles. The van der Waals surface area contributed by atoms with E-state index in [0.29, 0.717) is 26.1 Å². The van der Waals surface area contributed by atoms with Crippen molar-refractivity contribution < 1.29 is 35.8 Å². The molecule has 0 spiro atoms. The second kappa shape index (κ2) is 20.8. The van der Waals surface area contributed by atoms with Gasteiger partial charge in [-0.3, -0.25) is 0 Å². The van der Waals surface area contributed by atoms with Crippen molar-refractivity contribution in [1.29, 1.82) is 0 Å². The van der Waals surface area contributed by atoms with Gasteiger partial charge in [-0.1, -0.05) is 24.3 Å². The highest BCUT2D eigenvalue weighted by molar-refractivity contribution is 8.03. The number of hydrogen-bond acceptors (Lipinski definition) is 8. The SMILES string of the molecule is FC(F)(F)C(c1ccc(OCCCSCCSCCS)cc1)(c1ccc(OCCCSCCSCCS)cc1)C(F)(F)F. The summed E-state index contributed by atoms with van der Waals surface area (Å²) in [6, 6.07) is 8.06. The molecule has 0 aliphatic carbocycles. The molecule has 43 heavy (non-hydrogen) atoms. The average molecular weight is 725 g/mol. The summed E-state index contributed by atoms with van der Waals surface area (Å²) in [7, 11) is 0. The number of alkyl halides is 6. The van der Waals surface area contributed by atoms with Gasteiger partial charge in [0.15, 0.2) is 0 Å². The Morgan fingerprint density at radius 1 is 0.488 bits per heavy atom. The van der Waals surface area contributed by atoms with Crippen molar-refractivity contribution in [2.24, 2.45) is 0 Å². The highest BCUT2D eigenvalue weighted by atomic mass is 32.2. The van der Waals surface area contributed by atoms with Crippen molar-refractivity contribution in [2.75, 3.05) is 70.7 Å². The smallest absolute Gasteiger partial charge is 0.411 e. The third-order valence-electron chi connectivity index (χ3n) is 6.04. The minimum Gasteiger partial charge on any atom is -0.494 e. The van der Waals surface area contributed by atoms with E-state index in [4.69, 9.17) is 9.47 Å². The van der Waals surface area contributed by atoms with Crippen LogP contribution in [0.3, 0.4) is 0 Å². The quantitative estimate of drug-likeness (QED) is 0.0712. The summed E-state index contributed by atoms with van der Waals surface area (Å²) in [6.45, 7) is 0.630. The van der Waals surface area contributed by atoms with Crippen LogP contribution < -0.4 is 9.47 Å². The van der Waals surface area contributed by atoms with Gasteiger partial charge in [-0.25, -0.2) is 0 Å². The maximum absolute atomic E-state index is 14.5. The molecule has 0 amide bonds. The van der Waals surface area contributed by atoms with E-state index in [1.165, 1.54) is 0 Å². The van der Waals surface area contributed by atoms with Crippen LogP contribution in [-0.4, -0.2) is 83.1 Å². The molecule has 0 saturated carbocycles. The predicted molar refractivity (Wildman–Crippen MR) is 183 cm³/mol. The molecule has 0 aliphatic heterocycles. The van der Waals surface area contributed by atoms with Gasteiger partial charge in [0.05, 0.1) is 13.2 Å². The Bertz CT molecular complexity index is 925. The van der Waals surface area contributed by atoms with Gasteiger partial charge in [-0.05, 0) is 71.2 Å². The first-order chi connectivity index (χ1) is 20.6. The topological polar surface area (TPSA) is 18.5 Å². The van der Waals surface area contributed by atoms with Gasteiger partial charge in [0.25, 0.3) is 0 Å². The highest BCUT2D eigenvalue weighted by Crippen LogP contribution is 2.56. The molecule has 2 rings (SSSR count). The van der Waals surface area contributed by atoms with Crippen LogP contribution in [0.15, 0.2) is 48.5 Å². The van der Waals surface area contributed by atoms with Crippen molar-refractivity contribution >= 4 is 72.3 Å². The molecule has 2 aromatic carbocycles. The summed E-state index contributed by atoms with van der Waals surface area (Å²) in [5.41, 5.74) is -6.06. The Labute approximate surface area is 279 Å². The van der Waals surface area contributed by atoms with E-state index in [1.54, 1.807) is 23.5 Å². The van der Waals surface area contributed by atoms with Gasteiger partial charge in [-0.2, -0.15) is 98.6 Å². The molecule has 0 N–H and O–H groups in total. The van der Waals surface area contributed by atoms with Crippen molar-refractivity contribution in [3.63, 3.8) is 0 Å². The lowest BCUT2D eigenvalue weighted by Crippen LogP contribution is -2.54. The van der Waals surface area contributed by atoms with Crippen LogP contribution in [-0.2, 0) is 5.41 Å². The van der Waals surface area contributed by atoms with Crippen LogP contribution >= 0.6 is 72.3 Å². The van der Waals surface area contributed by atoms with Crippen LogP contribution in [0.1, 0.15) is 24.0 Å². The van der Waals surface area contributed by atoms with Crippen LogP contribution in [0.4, 0.5) is 26.3 Å². The molecule has 0 fully saturated rings. The van der Waals surface area contributed by atoms with Crippen LogP contribution in [0.25, 0.3) is 0 Å². The first kappa shape index (κ1) is 38.9. The van der Waals surface area contributed by atoms with Crippen LogP contribution in [0, 0.1) is 0 Å². The molecule has 0 aromatic heterocycles. The number of thiol groups is 2. The van der Waals surface area contributed by atoms with Crippen molar-refractivity contribution in [1.82, 2.24) is 0 Å². The zero-order chi connectivity index (χ0) is 31.6. The largest absolute Gasteiger partial charge is 0.494 e. The normalized spacial score (nSPS) is 12.5. The van der Waals surface area contributed by atoms with Gasteiger partial charge in [0.1, 0.15) is 11.5 Å². The van der Waals surface area contributed by atoms with E-state index in [9.17, 15) is 26.3 Å². The first-order valence-electron chi connectivity index (χ1n) is 13.7. The number of benzene rings is 2. The number of halogens is 6. The zero-order valence-corrected chi connectivity index (χ0v) is 28.7. The average Bonchev–Trinajstić information content (AvgIpc) is 2.96. The summed E-state index contributed by atoms with van der Waals surface area (Å²) in [6.07, 6.45) is -9.88. The minimum absolute atomic E-state index is 0.217. The van der Waals surface area contributed by atoms with Crippen LogP contribution in [0.5, 0.6) is 11.5 Å². The summed E-state index contributed by atoms with van der Waals surface area (Å²) in [5.74, 6) is 9.86. The van der Waals surface area contributed by atoms with E-state index < -0.39 is 28.9 Å². The second-order valence-corrected chi connectivity index (χ2v) is 14.9. The van der Waals surface area contributed by atoms with Crippen molar-refractivity contribution in [2.45, 2.75) is 30.6 Å². The number of ether oxygens (including phenoxy) is 2. The molecular weight excluding hydrogens is 687 g/mol. The van der Waals surface area contributed by atoms with Crippen molar-refractivity contribution in [3.05, 3.63) is 59.7 Å². The molecule has 244 valence electrons. The molecule has 0 bridgehead atoms. The van der Waals surface area contributed by atoms with Crippen molar-refractivity contribution in [3.8, 4) is 11.5 Å². The van der Waals surface area contributed by atoms with Gasteiger partial charge >= 0.3 is 12.4 Å². The van der Waals surface area contributed by atoms with E-state index in [0.717, 1.165) is 106 Å². The molecule has 0 unspecified atom stereocenters. The zero-order valence-electron chi connectivity index (χ0n) is 23.6. The first-order valence-corrected chi connectivity index (χ1v) is 19.6. The standard InChI is InChI=1S/C29H38F6O2S6/c30-28(31,32)27(29(33,34)35,23-3-7-25(8-4-23)36-11-1-15-40-19-21-42-17-13-38)24-5-9-26(10-6-24)37-12-2-16-41-20-22-43-18-14-39/h3-10,38-39H,1-2,11-22H2. The van der Waals surface area contributed by atoms with E-state index >= 15 is 0 Å². The molecule has 0 atom stereocenters. The van der Waals surface area contributed by atoms with E-state index in [1.807, 2.05) is 23.5 Å². The highest BCUT2D eigenvalue weighted by Gasteiger charge is 2.72. The fraction of sp³-hybridized carbons (Fsp3) is 0.586. The molecule has 0 aliphatic rings. The second-order valence-electron chi connectivity index (χ2n) is 9.10. The third-order valence-corrected chi connectivity index (χ3v) is 11.7. The molecule has 0 radical (unpaired) electrons. The summed E-state index contributed by atoms with van der Waals surface area (Å²) in [4.78, 5) is 0. The number of thioether (sulfide) groups is 4. The number of hydrogen-bond donors (Lipinski definition) is 2. The van der Waals surface area contributed by atoms with Gasteiger partial charge < -0.3 is 9.47 Å². The van der Waals surface area contributed by atoms with Gasteiger partial charge in [0.2, 0.25) is 5.41 Å². The lowest BCUT2D eigenvalue weighted by molar-refractivity contribution is -0.288. The molecular formula is C29H38F6O2S6. The Hall–Kier alpha value is -0.280. The van der Waals surface area contributed by atoms with Gasteiger partial charge in [-0.15, -0.1) is 0 Å². The van der Waals surface area contributed by atoms with Gasteiger partial charge in [0, 0.05) is 34.5 Å². The molecule has 2 nitrogen and oxygen atoms in total. The molecule has 14 heteroatoms. The van der Waals surface area contributed by atoms with Crippen LogP contribution in [0.2, 0.25) is 0 Å². The van der Waals surface area contributed by atoms with E-state index in [2.05, 4.69) is 25.3 Å². The fourth-order valence-electron chi connectivity index (χ4n) is 4.06. The summed E-state index contributed by atoms with van der Waals surface area (Å²) in [5, 5.41) is 0. The summed E-state index contributed by atoms with van der Waals surface area (Å²) >= 11 is 15.5. The Balaban J connectivity index is 2.02. The minimum atomic E-state index is -5.65. The Kier molecular flexibility index (Phi) is 18.8. The Morgan fingerprint density at radius 2 is 0.814 bits per heavy atom. The lowest BCUT2D eigenvalue weighted by Gasteiger charge is -2.38. The van der Waals surface area contributed by atoms with E-state index in [-0.39, 0.29) is 11.5 Å². The predicted octanol–water partition coefficient (Wildman–Crippen LogP) is 9.43.